The van der Waals surface area contributed by atoms with Crippen molar-refractivity contribution in [2.24, 2.45) is 11.8 Å². The second-order valence-electron chi connectivity index (χ2n) is 10.3. The first-order valence-electron chi connectivity index (χ1n) is 12.4. The van der Waals surface area contributed by atoms with Crippen LogP contribution in [-0.4, -0.2) is 41.8 Å². The van der Waals surface area contributed by atoms with Gasteiger partial charge in [0.1, 0.15) is 6.61 Å². The molecule has 2 aliphatic carbocycles. The third-order valence-electron chi connectivity index (χ3n) is 7.17. The third-order valence-corrected chi connectivity index (χ3v) is 7.17. The summed E-state index contributed by atoms with van der Waals surface area (Å²) in [7, 11) is 0. The topological polar surface area (TPSA) is 105 Å². The highest BCUT2D eigenvalue weighted by Gasteiger charge is 2.33. The average Bonchev–Trinajstić information content (AvgIpc) is 3.14. The highest BCUT2D eigenvalue weighted by Crippen LogP contribution is 2.44. The lowest BCUT2D eigenvalue weighted by Crippen LogP contribution is -2.48. The summed E-state index contributed by atoms with van der Waals surface area (Å²) >= 11 is 0. The molecule has 0 radical (unpaired) electrons. The predicted molar refractivity (Wildman–Crippen MR) is 133 cm³/mol. The van der Waals surface area contributed by atoms with E-state index in [1.807, 2.05) is 24.3 Å². The SMILES string of the molecule is CC(C)(CC(=O)NC[C@@H]1CCCC[C@@H]1C(=O)O)NC(=O)OCC1c2ccccc2-c2ccccc21. The molecule has 1 saturated carbocycles. The normalized spacial score (nSPS) is 19.4. The number of alkyl carbamates (subject to hydrolysis) is 1. The molecular weight excluding hydrogens is 444 g/mol. The van der Waals surface area contributed by atoms with E-state index in [2.05, 4.69) is 34.9 Å². The predicted octanol–water partition coefficient (Wildman–Crippen LogP) is 4.70. The Morgan fingerprint density at radius 2 is 1.57 bits per heavy atom. The molecule has 0 bridgehead atoms. The van der Waals surface area contributed by atoms with Gasteiger partial charge in [-0.3, -0.25) is 9.59 Å². The fourth-order valence-electron chi connectivity index (χ4n) is 5.44. The van der Waals surface area contributed by atoms with E-state index in [0.717, 1.165) is 41.5 Å². The Labute approximate surface area is 206 Å². The Kier molecular flexibility index (Phi) is 7.43. The first kappa shape index (κ1) is 24.8. The van der Waals surface area contributed by atoms with Crippen molar-refractivity contribution in [2.75, 3.05) is 13.2 Å². The third kappa shape index (κ3) is 5.84. The van der Waals surface area contributed by atoms with Crippen LogP contribution in [-0.2, 0) is 14.3 Å². The molecule has 0 aromatic heterocycles. The summed E-state index contributed by atoms with van der Waals surface area (Å²) < 4.78 is 5.61. The molecule has 3 N–H and O–H groups in total. The summed E-state index contributed by atoms with van der Waals surface area (Å²) in [6.45, 7) is 4.10. The van der Waals surface area contributed by atoms with Gasteiger partial charge in [-0.1, -0.05) is 61.4 Å². The quantitative estimate of drug-likeness (QED) is 0.510. The molecule has 0 unspecified atom stereocenters. The largest absolute Gasteiger partial charge is 0.481 e. The van der Waals surface area contributed by atoms with Crippen molar-refractivity contribution in [1.29, 1.82) is 0 Å². The molecule has 0 spiro atoms. The highest BCUT2D eigenvalue weighted by atomic mass is 16.5. The van der Waals surface area contributed by atoms with Crippen molar-refractivity contribution in [3.8, 4) is 11.1 Å². The monoisotopic (exact) mass is 478 g/mol. The van der Waals surface area contributed by atoms with Crippen molar-refractivity contribution < 1.29 is 24.2 Å². The zero-order chi connectivity index (χ0) is 25.0. The standard InChI is InChI=1S/C28H34N2O5/c1-28(2,15-25(31)29-16-18-9-3-4-10-19(18)26(32)33)30-27(34)35-17-24-22-13-7-5-11-20(22)21-12-6-8-14-23(21)24/h5-8,11-14,18-19,24H,3-4,9-10,15-17H2,1-2H3,(H,29,31)(H,30,34)(H,32,33)/t18-,19-/m0/s1. The molecule has 4 rings (SSSR count). The summed E-state index contributed by atoms with van der Waals surface area (Å²) in [5, 5.41) is 15.1. The van der Waals surface area contributed by atoms with Gasteiger partial charge in [-0.25, -0.2) is 4.79 Å². The lowest BCUT2D eigenvalue weighted by atomic mass is 9.79. The summed E-state index contributed by atoms with van der Waals surface area (Å²) in [6.07, 6.45) is 2.87. The average molecular weight is 479 g/mol. The number of carbonyl (C=O) groups is 3. The van der Waals surface area contributed by atoms with Gasteiger partial charge in [0.2, 0.25) is 5.91 Å². The first-order chi connectivity index (χ1) is 16.7. The minimum Gasteiger partial charge on any atom is -0.481 e. The van der Waals surface area contributed by atoms with Gasteiger partial charge in [-0.15, -0.1) is 0 Å². The van der Waals surface area contributed by atoms with E-state index in [1.165, 1.54) is 0 Å². The van der Waals surface area contributed by atoms with Gasteiger partial charge < -0.3 is 20.5 Å². The lowest BCUT2D eigenvalue weighted by molar-refractivity contribution is -0.145. The Morgan fingerprint density at radius 1 is 0.971 bits per heavy atom. The van der Waals surface area contributed by atoms with Crippen LogP contribution in [0.3, 0.4) is 0 Å². The van der Waals surface area contributed by atoms with Gasteiger partial charge in [-0.2, -0.15) is 0 Å². The number of amides is 2. The van der Waals surface area contributed by atoms with Crippen LogP contribution in [0.1, 0.15) is 63.0 Å². The molecule has 2 aliphatic rings. The van der Waals surface area contributed by atoms with Crippen molar-refractivity contribution in [2.45, 2.75) is 57.4 Å². The number of carboxylic acids is 1. The van der Waals surface area contributed by atoms with E-state index < -0.39 is 23.5 Å². The number of carboxylic acid groups (broad SMARTS) is 1. The van der Waals surface area contributed by atoms with Crippen molar-refractivity contribution in [1.82, 2.24) is 10.6 Å². The van der Waals surface area contributed by atoms with E-state index in [9.17, 15) is 19.5 Å². The molecule has 2 amide bonds. The van der Waals surface area contributed by atoms with Crippen LogP contribution in [0, 0.1) is 11.8 Å². The molecule has 0 heterocycles. The maximum absolute atomic E-state index is 12.6. The van der Waals surface area contributed by atoms with Crippen LogP contribution in [0.5, 0.6) is 0 Å². The van der Waals surface area contributed by atoms with Crippen LogP contribution >= 0.6 is 0 Å². The molecule has 1 fully saturated rings. The second kappa shape index (κ2) is 10.5. The van der Waals surface area contributed by atoms with Gasteiger partial charge in [-0.05, 0) is 54.9 Å². The number of rotatable bonds is 8. The maximum Gasteiger partial charge on any atom is 0.407 e. The van der Waals surface area contributed by atoms with Gasteiger partial charge in [0.25, 0.3) is 0 Å². The van der Waals surface area contributed by atoms with Crippen LogP contribution < -0.4 is 10.6 Å². The number of aliphatic carboxylic acids is 1. The Hall–Kier alpha value is -3.35. The number of fused-ring (bicyclic) bond motifs is 3. The summed E-state index contributed by atoms with van der Waals surface area (Å²) in [6, 6.07) is 16.3. The number of benzene rings is 2. The van der Waals surface area contributed by atoms with E-state index >= 15 is 0 Å². The molecule has 2 aromatic carbocycles. The van der Waals surface area contributed by atoms with E-state index in [1.54, 1.807) is 13.8 Å². The van der Waals surface area contributed by atoms with Crippen LogP contribution in [0.2, 0.25) is 0 Å². The summed E-state index contributed by atoms with van der Waals surface area (Å²) in [4.78, 5) is 36.6. The lowest BCUT2D eigenvalue weighted by Gasteiger charge is -2.30. The molecule has 7 heteroatoms. The Morgan fingerprint density at radius 3 is 2.20 bits per heavy atom. The summed E-state index contributed by atoms with van der Waals surface area (Å²) in [5.74, 6) is -1.50. The molecule has 2 aromatic rings. The highest BCUT2D eigenvalue weighted by molar-refractivity contribution is 5.80. The fourth-order valence-corrected chi connectivity index (χ4v) is 5.44. The molecule has 35 heavy (non-hydrogen) atoms. The van der Waals surface area contributed by atoms with E-state index in [-0.39, 0.29) is 30.8 Å². The van der Waals surface area contributed by atoms with Gasteiger partial charge in [0, 0.05) is 24.4 Å². The van der Waals surface area contributed by atoms with E-state index in [4.69, 9.17) is 4.74 Å². The maximum atomic E-state index is 12.6. The molecule has 186 valence electrons. The molecule has 0 aliphatic heterocycles. The molecule has 2 atom stereocenters. The minimum absolute atomic E-state index is 0.0303. The second-order valence-corrected chi connectivity index (χ2v) is 10.3. The van der Waals surface area contributed by atoms with Crippen molar-refractivity contribution >= 4 is 18.0 Å². The van der Waals surface area contributed by atoms with E-state index in [0.29, 0.717) is 13.0 Å². The molecular formula is C28H34N2O5. The smallest absolute Gasteiger partial charge is 0.407 e. The van der Waals surface area contributed by atoms with Gasteiger partial charge in [0.15, 0.2) is 0 Å². The van der Waals surface area contributed by atoms with Gasteiger partial charge >= 0.3 is 12.1 Å². The Balaban J connectivity index is 1.28. The number of nitrogens with one attached hydrogen (secondary N) is 2. The summed E-state index contributed by atoms with van der Waals surface area (Å²) in [5.41, 5.74) is 3.80. The van der Waals surface area contributed by atoms with Gasteiger partial charge in [0.05, 0.1) is 5.92 Å². The van der Waals surface area contributed by atoms with Crippen LogP contribution in [0.25, 0.3) is 11.1 Å². The van der Waals surface area contributed by atoms with Crippen LogP contribution in [0.15, 0.2) is 48.5 Å². The van der Waals surface area contributed by atoms with Crippen LogP contribution in [0.4, 0.5) is 4.79 Å². The number of hydrogen-bond donors (Lipinski definition) is 3. The minimum atomic E-state index is -0.814. The first-order valence-corrected chi connectivity index (χ1v) is 12.4. The molecule has 0 saturated heterocycles. The fraction of sp³-hybridized carbons (Fsp3) is 0.464. The number of ether oxygens (including phenoxy) is 1. The zero-order valence-corrected chi connectivity index (χ0v) is 20.4. The number of hydrogen-bond acceptors (Lipinski definition) is 4. The van der Waals surface area contributed by atoms with Crippen molar-refractivity contribution in [3.63, 3.8) is 0 Å². The number of carbonyl (C=O) groups excluding carboxylic acids is 2. The van der Waals surface area contributed by atoms with Crippen molar-refractivity contribution in [3.05, 3.63) is 59.7 Å². The zero-order valence-electron chi connectivity index (χ0n) is 20.4. The Bertz CT molecular complexity index is 1050. The molecule has 7 nitrogen and oxygen atoms in total.